The monoisotopic (exact) mass is 432 g/mol. The van der Waals surface area contributed by atoms with Crippen molar-refractivity contribution in [1.29, 1.82) is 0 Å². The third kappa shape index (κ3) is 7.45. The number of benzene rings is 1. The van der Waals surface area contributed by atoms with Crippen molar-refractivity contribution >= 4 is 5.97 Å². The molecule has 0 spiro atoms. The third-order valence-corrected chi connectivity index (χ3v) is 4.70. The highest BCUT2D eigenvalue weighted by atomic mass is 16.4. The minimum Gasteiger partial charge on any atom is -0.507 e. The van der Waals surface area contributed by atoms with E-state index in [0.29, 0.717) is 0 Å². The second kappa shape index (κ2) is 13.5. The van der Waals surface area contributed by atoms with E-state index in [1.54, 1.807) is 4.90 Å². The molecule has 0 amide bonds. The standard InChI is InChI=1S/C19H32N2O9/c22-7-3-20(4-8-23)11-15(26)13-1-2-14(19(29)30)18(28)17(13)16(27)12-21(5-9-24)6-10-25/h1-2,15-16,22-28H,3-12H2,(H,29,30). The second-order valence-corrected chi connectivity index (χ2v) is 6.80. The van der Waals surface area contributed by atoms with Gasteiger partial charge in [0.25, 0.3) is 0 Å². The molecule has 2 unspecified atom stereocenters. The van der Waals surface area contributed by atoms with E-state index in [2.05, 4.69) is 0 Å². The van der Waals surface area contributed by atoms with Gasteiger partial charge in [0.2, 0.25) is 0 Å². The van der Waals surface area contributed by atoms with Gasteiger partial charge < -0.3 is 40.9 Å². The predicted octanol–water partition coefficient (Wildman–Crippen LogP) is -2.27. The molecule has 11 heteroatoms. The van der Waals surface area contributed by atoms with Crippen LogP contribution in [0.3, 0.4) is 0 Å². The lowest BCUT2D eigenvalue weighted by molar-refractivity contribution is 0.0679. The lowest BCUT2D eigenvalue weighted by Gasteiger charge is -2.28. The summed E-state index contributed by atoms with van der Waals surface area (Å²) in [6, 6.07) is 2.42. The van der Waals surface area contributed by atoms with E-state index in [-0.39, 0.29) is 76.8 Å². The molecule has 1 aromatic rings. The van der Waals surface area contributed by atoms with Gasteiger partial charge in [-0.25, -0.2) is 4.79 Å². The second-order valence-electron chi connectivity index (χ2n) is 6.80. The zero-order valence-electron chi connectivity index (χ0n) is 16.8. The molecule has 11 nitrogen and oxygen atoms in total. The Labute approximate surface area is 174 Å². The van der Waals surface area contributed by atoms with Crippen molar-refractivity contribution in [2.45, 2.75) is 12.2 Å². The van der Waals surface area contributed by atoms with Crippen LogP contribution in [0.5, 0.6) is 5.75 Å². The van der Waals surface area contributed by atoms with E-state index in [9.17, 15) is 25.2 Å². The van der Waals surface area contributed by atoms with Crippen molar-refractivity contribution in [1.82, 2.24) is 9.80 Å². The zero-order valence-corrected chi connectivity index (χ0v) is 16.8. The molecule has 0 heterocycles. The molecule has 172 valence electrons. The van der Waals surface area contributed by atoms with Gasteiger partial charge in [-0.2, -0.15) is 0 Å². The first kappa shape index (κ1) is 26.2. The normalized spacial score (nSPS) is 13.7. The molecule has 0 saturated carbocycles. The van der Waals surface area contributed by atoms with Gasteiger partial charge in [-0.1, -0.05) is 6.07 Å². The predicted molar refractivity (Wildman–Crippen MR) is 106 cm³/mol. The van der Waals surface area contributed by atoms with E-state index < -0.39 is 29.5 Å². The van der Waals surface area contributed by atoms with Gasteiger partial charge in [-0.05, 0) is 11.6 Å². The van der Waals surface area contributed by atoms with E-state index in [4.69, 9.17) is 20.4 Å². The number of carboxylic acid groups (broad SMARTS) is 1. The molecular formula is C19H32N2O9. The summed E-state index contributed by atoms with van der Waals surface area (Å²) in [6.07, 6.45) is -2.68. The molecule has 0 aliphatic rings. The summed E-state index contributed by atoms with van der Waals surface area (Å²) in [4.78, 5) is 14.5. The number of aromatic hydroxyl groups is 1. The average molecular weight is 432 g/mol. The Morgan fingerprint density at radius 1 is 0.800 bits per heavy atom. The topological polar surface area (TPSA) is 185 Å². The summed E-state index contributed by atoms with van der Waals surface area (Å²) in [5.41, 5.74) is -0.520. The Hall–Kier alpha value is -1.83. The molecule has 8 N–H and O–H groups in total. The van der Waals surface area contributed by atoms with Crippen LogP contribution in [0, 0.1) is 0 Å². The van der Waals surface area contributed by atoms with Crippen LogP contribution >= 0.6 is 0 Å². The Morgan fingerprint density at radius 3 is 1.63 bits per heavy atom. The average Bonchev–Trinajstić information content (AvgIpc) is 2.68. The van der Waals surface area contributed by atoms with Crippen molar-refractivity contribution in [2.75, 3.05) is 65.7 Å². The number of rotatable bonds is 15. The Morgan fingerprint density at radius 2 is 1.23 bits per heavy atom. The number of carbonyl (C=O) groups is 1. The fraction of sp³-hybridized carbons (Fsp3) is 0.632. The van der Waals surface area contributed by atoms with Crippen molar-refractivity contribution in [3.05, 3.63) is 28.8 Å². The lowest BCUT2D eigenvalue weighted by Crippen LogP contribution is -2.35. The van der Waals surface area contributed by atoms with Gasteiger partial charge in [-0.3, -0.25) is 9.80 Å². The first-order valence-electron chi connectivity index (χ1n) is 9.63. The highest BCUT2D eigenvalue weighted by Crippen LogP contribution is 2.35. The molecule has 0 aliphatic carbocycles. The molecular weight excluding hydrogens is 400 g/mol. The van der Waals surface area contributed by atoms with Gasteiger partial charge in [-0.15, -0.1) is 0 Å². The summed E-state index contributed by atoms with van der Waals surface area (Å²) in [6.45, 7) is -0.429. The number of aliphatic hydroxyl groups is 6. The first-order valence-corrected chi connectivity index (χ1v) is 9.63. The molecule has 0 saturated heterocycles. The highest BCUT2D eigenvalue weighted by molar-refractivity contribution is 5.91. The molecule has 0 aromatic heterocycles. The van der Waals surface area contributed by atoms with Crippen LogP contribution in [0.2, 0.25) is 0 Å². The number of nitrogens with zero attached hydrogens (tertiary/aromatic N) is 2. The number of phenols is 1. The first-order chi connectivity index (χ1) is 14.3. The van der Waals surface area contributed by atoms with Crippen LogP contribution in [0.15, 0.2) is 12.1 Å². The Balaban J connectivity index is 3.28. The van der Waals surface area contributed by atoms with Gasteiger partial charge in [0, 0.05) is 44.8 Å². The van der Waals surface area contributed by atoms with Crippen LogP contribution in [-0.4, -0.2) is 122 Å². The van der Waals surface area contributed by atoms with Gasteiger partial charge in [0.15, 0.2) is 0 Å². The fourth-order valence-corrected chi connectivity index (χ4v) is 3.27. The molecule has 2 atom stereocenters. The molecule has 0 bridgehead atoms. The maximum absolute atomic E-state index is 11.4. The molecule has 0 radical (unpaired) electrons. The van der Waals surface area contributed by atoms with Gasteiger partial charge in [0.1, 0.15) is 11.3 Å². The maximum Gasteiger partial charge on any atom is 0.339 e. The minimum atomic E-state index is -1.42. The van der Waals surface area contributed by atoms with Crippen LogP contribution in [0.4, 0.5) is 0 Å². The highest BCUT2D eigenvalue weighted by Gasteiger charge is 2.27. The molecule has 0 fully saturated rings. The number of carboxylic acids is 1. The number of hydrogen-bond donors (Lipinski definition) is 8. The maximum atomic E-state index is 11.4. The molecule has 0 aliphatic heterocycles. The van der Waals surface area contributed by atoms with Gasteiger partial charge in [0.05, 0.1) is 38.6 Å². The Bertz CT molecular complexity index is 647. The summed E-state index contributed by atoms with van der Waals surface area (Å²) in [5.74, 6) is -2.10. The van der Waals surface area contributed by atoms with E-state index in [1.165, 1.54) is 11.0 Å². The smallest absolute Gasteiger partial charge is 0.339 e. The van der Waals surface area contributed by atoms with Crippen molar-refractivity contribution < 1.29 is 45.6 Å². The fourth-order valence-electron chi connectivity index (χ4n) is 3.27. The molecule has 30 heavy (non-hydrogen) atoms. The molecule has 1 aromatic carbocycles. The van der Waals surface area contributed by atoms with Crippen molar-refractivity contribution in [3.8, 4) is 5.75 Å². The number of hydrogen-bond acceptors (Lipinski definition) is 10. The number of aliphatic hydroxyl groups excluding tert-OH is 6. The number of aromatic carboxylic acids is 1. The van der Waals surface area contributed by atoms with E-state index in [0.717, 1.165) is 6.07 Å². The lowest BCUT2D eigenvalue weighted by atomic mass is 9.93. The Kier molecular flexibility index (Phi) is 11.8. The van der Waals surface area contributed by atoms with Crippen LogP contribution in [0.1, 0.15) is 33.7 Å². The van der Waals surface area contributed by atoms with Gasteiger partial charge >= 0.3 is 5.97 Å². The van der Waals surface area contributed by atoms with Crippen LogP contribution in [0.25, 0.3) is 0 Å². The quantitative estimate of drug-likeness (QED) is 0.149. The minimum absolute atomic E-state index is 0.0380. The van der Waals surface area contributed by atoms with Crippen molar-refractivity contribution in [2.24, 2.45) is 0 Å². The third-order valence-electron chi connectivity index (χ3n) is 4.70. The van der Waals surface area contributed by atoms with Crippen LogP contribution < -0.4 is 0 Å². The summed E-state index contributed by atoms with van der Waals surface area (Å²) in [7, 11) is 0. The summed E-state index contributed by atoms with van der Waals surface area (Å²) < 4.78 is 0. The van der Waals surface area contributed by atoms with Crippen LogP contribution in [-0.2, 0) is 0 Å². The zero-order chi connectivity index (χ0) is 22.7. The largest absolute Gasteiger partial charge is 0.507 e. The summed E-state index contributed by atoms with van der Waals surface area (Å²) in [5, 5.41) is 77.8. The molecule has 1 rings (SSSR count). The SMILES string of the molecule is O=C(O)c1ccc(C(O)CN(CCO)CCO)c(C(O)CN(CCO)CCO)c1O. The van der Waals surface area contributed by atoms with Crippen molar-refractivity contribution in [3.63, 3.8) is 0 Å². The van der Waals surface area contributed by atoms with E-state index in [1.807, 2.05) is 0 Å². The summed E-state index contributed by atoms with van der Waals surface area (Å²) >= 11 is 0. The van der Waals surface area contributed by atoms with E-state index >= 15 is 0 Å².